The van der Waals surface area contributed by atoms with Gasteiger partial charge in [-0.3, -0.25) is 9.59 Å². The van der Waals surface area contributed by atoms with Crippen molar-refractivity contribution in [1.82, 2.24) is 0 Å². The Morgan fingerprint density at radius 3 is 1.94 bits per heavy atom. The summed E-state index contributed by atoms with van der Waals surface area (Å²) in [5.41, 5.74) is 5.63. The first-order chi connectivity index (χ1) is 7.97. The molecule has 0 saturated heterocycles. The lowest BCUT2D eigenvalue weighted by Gasteiger charge is -2.15. The topological polar surface area (TPSA) is 60.2 Å². The normalized spacial score (nSPS) is 17.9. The molecule has 0 spiro atoms. The lowest BCUT2D eigenvalue weighted by Crippen LogP contribution is -2.22. The van der Waals surface area contributed by atoms with E-state index in [-0.39, 0.29) is 6.42 Å². The van der Waals surface area contributed by atoms with Crippen molar-refractivity contribution in [3.63, 3.8) is 0 Å². The van der Waals surface area contributed by atoms with E-state index in [0.29, 0.717) is 12.5 Å². The highest BCUT2D eigenvalue weighted by Crippen LogP contribution is 2.15. The van der Waals surface area contributed by atoms with Crippen molar-refractivity contribution in [2.75, 3.05) is 0 Å². The van der Waals surface area contributed by atoms with E-state index in [0.717, 1.165) is 0 Å². The van der Waals surface area contributed by atoms with Gasteiger partial charge in [0, 0.05) is 18.4 Å². The third kappa shape index (κ3) is 9.57. The Hall–Kier alpha value is -0.120. The number of hydrogen-bond acceptors (Lipinski definition) is 3. The standard InChI is InChI=1S/C6H8Cl2O2.C6H13N/c1-2-4(6(8)10)3-5(7)9;7-6-4-2-1-3-5-6/h4H,2-3H2,1H3;6H,1-5,7H2. The minimum absolute atomic E-state index is 0.0421. The maximum absolute atomic E-state index is 10.5. The fourth-order valence-electron chi connectivity index (χ4n) is 1.71. The van der Waals surface area contributed by atoms with Crippen LogP contribution in [0.25, 0.3) is 0 Å². The van der Waals surface area contributed by atoms with Crippen LogP contribution in [0.3, 0.4) is 0 Å². The SMILES string of the molecule is CCC(CC(=O)Cl)C(=O)Cl.NC1CCCCC1. The van der Waals surface area contributed by atoms with Gasteiger partial charge < -0.3 is 5.73 Å². The zero-order valence-corrected chi connectivity index (χ0v) is 11.8. The first-order valence-electron chi connectivity index (χ1n) is 6.10. The van der Waals surface area contributed by atoms with E-state index in [1.54, 1.807) is 6.92 Å². The van der Waals surface area contributed by atoms with E-state index in [9.17, 15) is 9.59 Å². The summed E-state index contributed by atoms with van der Waals surface area (Å²) in [4.78, 5) is 20.7. The molecule has 0 aromatic rings. The summed E-state index contributed by atoms with van der Waals surface area (Å²) in [6.07, 6.45) is 7.26. The molecule has 1 unspecified atom stereocenters. The molecule has 2 N–H and O–H groups in total. The monoisotopic (exact) mass is 281 g/mol. The molecule has 1 fully saturated rings. The number of carbonyl (C=O) groups excluding carboxylic acids is 2. The van der Waals surface area contributed by atoms with Gasteiger partial charge in [0.25, 0.3) is 0 Å². The molecule has 1 atom stereocenters. The van der Waals surface area contributed by atoms with E-state index < -0.39 is 16.4 Å². The lowest BCUT2D eigenvalue weighted by molar-refractivity contribution is -0.119. The quantitative estimate of drug-likeness (QED) is 0.805. The number of rotatable bonds is 4. The van der Waals surface area contributed by atoms with Crippen LogP contribution in [0.4, 0.5) is 0 Å². The van der Waals surface area contributed by atoms with Crippen LogP contribution in [-0.2, 0) is 9.59 Å². The van der Waals surface area contributed by atoms with Gasteiger partial charge in [-0.1, -0.05) is 26.2 Å². The van der Waals surface area contributed by atoms with E-state index in [2.05, 4.69) is 0 Å². The van der Waals surface area contributed by atoms with Crippen molar-refractivity contribution in [3.8, 4) is 0 Å². The van der Waals surface area contributed by atoms with Crippen LogP contribution in [0.1, 0.15) is 51.9 Å². The summed E-state index contributed by atoms with van der Waals surface area (Å²) < 4.78 is 0. The molecule has 17 heavy (non-hydrogen) atoms. The van der Waals surface area contributed by atoms with Crippen molar-refractivity contribution >= 4 is 33.7 Å². The van der Waals surface area contributed by atoms with E-state index in [1.165, 1.54) is 32.1 Å². The first-order valence-corrected chi connectivity index (χ1v) is 6.86. The van der Waals surface area contributed by atoms with Crippen LogP contribution in [0.5, 0.6) is 0 Å². The zero-order valence-electron chi connectivity index (χ0n) is 10.3. The third-order valence-electron chi connectivity index (χ3n) is 2.87. The second-order valence-electron chi connectivity index (χ2n) is 4.37. The van der Waals surface area contributed by atoms with Gasteiger partial charge >= 0.3 is 0 Å². The molecule has 0 aromatic heterocycles. The van der Waals surface area contributed by atoms with Gasteiger partial charge in [0.1, 0.15) is 0 Å². The summed E-state index contributed by atoms with van der Waals surface area (Å²) in [7, 11) is 0. The molecule has 0 radical (unpaired) electrons. The van der Waals surface area contributed by atoms with Crippen molar-refractivity contribution < 1.29 is 9.59 Å². The summed E-state index contributed by atoms with van der Waals surface area (Å²) in [6.45, 7) is 1.78. The second kappa shape index (κ2) is 9.86. The lowest BCUT2D eigenvalue weighted by atomic mass is 9.97. The van der Waals surface area contributed by atoms with Crippen LogP contribution in [0, 0.1) is 5.92 Å². The van der Waals surface area contributed by atoms with Gasteiger partial charge in [0.2, 0.25) is 10.5 Å². The molecule has 0 aromatic carbocycles. The molecular weight excluding hydrogens is 261 g/mol. The van der Waals surface area contributed by atoms with Crippen LogP contribution in [0.2, 0.25) is 0 Å². The smallest absolute Gasteiger partial charge is 0.225 e. The van der Waals surface area contributed by atoms with E-state index >= 15 is 0 Å². The minimum atomic E-state index is -0.513. The van der Waals surface area contributed by atoms with Crippen LogP contribution in [-0.4, -0.2) is 16.5 Å². The molecule has 1 aliphatic carbocycles. The van der Waals surface area contributed by atoms with Gasteiger partial charge in [0.15, 0.2) is 0 Å². The van der Waals surface area contributed by atoms with Crippen LogP contribution in [0.15, 0.2) is 0 Å². The van der Waals surface area contributed by atoms with Crippen molar-refractivity contribution in [2.24, 2.45) is 11.7 Å². The maximum atomic E-state index is 10.5. The molecule has 100 valence electrons. The first kappa shape index (κ1) is 16.9. The van der Waals surface area contributed by atoms with E-state index in [1.807, 2.05) is 0 Å². The van der Waals surface area contributed by atoms with Crippen molar-refractivity contribution in [2.45, 2.75) is 57.9 Å². The average Bonchev–Trinajstić information content (AvgIpc) is 2.27. The van der Waals surface area contributed by atoms with Gasteiger partial charge in [0.05, 0.1) is 0 Å². The molecule has 3 nitrogen and oxygen atoms in total. The van der Waals surface area contributed by atoms with E-state index in [4.69, 9.17) is 28.9 Å². The second-order valence-corrected chi connectivity index (χ2v) is 5.16. The zero-order chi connectivity index (χ0) is 13.3. The summed E-state index contributed by atoms with van der Waals surface area (Å²) in [6, 6.07) is 0.536. The largest absolute Gasteiger partial charge is 0.328 e. The van der Waals surface area contributed by atoms with Crippen LogP contribution >= 0.6 is 23.2 Å². The predicted octanol–water partition coefficient (Wildman–Crippen LogP) is 3.21. The summed E-state index contributed by atoms with van der Waals surface area (Å²) in [5.74, 6) is -0.410. The maximum Gasteiger partial charge on any atom is 0.225 e. The van der Waals surface area contributed by atoms with Gasteiger partial charge in [-0.25, -0.2) is 0 Å². The Labute approximate surface area is 113 Å². The van der Waals surface area contributed by atoms with Gasteiger partial charge in [-0.05, 0) is 42.5 Å². The number of carbonyl (C=O) groups is 2. The molecular formula is C12H21Cl2NO2. The number of nitrogens with two attached hydrogens (primary N) is 1. The van der Waals surface area contributed by atoms with Crippen molar-refractivity contribution in [3.05, 3.63) is 0 Å². The Morgan fingerprint density at radius 2 is 1.76 bits per heavy atom. The molecule has 0 amide bonds. The molecule has 0 aliphatic heterocycles. The molecule has 0 bridgehead atoms. The number of hydrogen-bond donors (Lipinski definition) is 1. The third-order valence-corrected chi connectivity index (χ3v) is 3.33. The Balaban J connectivity index is 0.000000318. The Bertz CT molecular complexity index is 241. The van der Waals surface area contributed by atoms with Gasteiger partial charge in [-0.15, -0.1) is 0 Å². The van der Waals surface area contributed by atoms with Gasteiger partial charge in [-0.2, -0.15) is 0 Å². The fraction of sp³-hybridized carbons (Fsp3) is 0.833. The highest BCUT2D eigenvalue weighted by atomic mass is 35.5. The molecule has 5 heteroatoms. The average molecular weight is 282 g/mol. The fourth-order valence-corrected chi connectivity index (χ4v) is 2.13. The highest BCUT2D eigenvalue weighted by molar-refractivity contribution is 6.66. The van der Waals surface area contributed by atoms with Crippen LogP contribution < -0.4 is 5.73 Å². The minimum Gasteiger partial charge on any atom is -0.328 e. The predicted molar refractivity (Wildman–Crippen MR) is 71.2 cm³/mol. The Morgan fingerprint density at radius 1 is 1.24 bits per heavy atom. The molecule has 1 saturated carbocycles. The Kier molecular flexibility index (Phi) is 9.79. The van der Waals surface area contributed by atoms with Crippen molar-refractivity contribution in [1.29, 1.82) is 0 Å². The molecule has 1 rings (SSSR count). The summed E-state index contributed by atoms with van der Waals surface area (Å²) >= 11 is 10.2. The number of halogens is 2. The highest BCUT2D eigenvalue weighted by Gasteiger charge is 2.16. The molecule has 0 heterocycles. The summed E-state index contributed by atoms with van der Waals surface area (Å²) in [5, 5.41) is -1.00. The molecule has 1 aliphatic rings.